The molecule has 3 rings (SSSR count). The van der Waals surface area contributed by atoms with E-state index in [0.717, 1.165) is 6.42 Å². The zero-order chi connectivity index (χ0) is 9.76. The molecular formula is C13H14O. The highest BCUT2D eigenvalue weighted by Crippen LogP contribution is 2.54. The topological polar surface area (TPSA) is 20.2 Å². The van der Waals surface area contributed by atoms with Gasteiger partial charge in [0.25, 0.3) is 0 Å². The quantitative estimate of drug-likeness (QED) is 0.660. The fourth-order valence-electron chi connectivity index (χ4n) is 2.77. The molecule has 0 bridgehead atoms. The minimum absolute atomic E-state index is 0.332. The molecule has 0 saturated heterocycles. The molecule has 3 atom stereocenters. The number of hydrogen-bond donors (Lipinski definition) is 1. The molecule has 0 aromatic heterocycles. The molecule has 1 N–H and O–H groups in total. The Hall–Kier alpha value is -1.08. The third-order valence-corrected chi connectivity index (χ3v) is 3.84. The summed E-state index contributed by atoms with van der Waals surface area (Å²) in [4.78, 5) is 0. The van der Waals surface area contributed by atoms with Crippen LogP contribution in [-0.4, -0.2) is 10.7 Å². The summed E-state index contributed by atoms with van der Waals surface area (Å²) in [6, 6.07) is 8.37. The predicted octanol–water partition coefficient (Wildman–Crippen LogP) is 2.57. The van der Waals surface area contributed by atoms with Crippen LogP contribution < -0.4 is 0 Å². The first-order valence-electron chi connectivity index (χ1n) is 5.22. The molecule has 1 fully saturated rings. The summed E-state index contributed by atoms with van der Waals surface area (Å²) in [5.41, 5.74) is 2.03. The van der Waals surface area contributed by atoms with Gasteiger partial charge in [0, 0.05) is 5.92 Å². The standard InChI is InChI=1S/C13H14O/c1-9-8-12-11-5-3-2-4-10(11)6-7-13(9,12)14/h2-7,9,12,14H,8H2,1H3/t9-,12-,13+/m1/s1. The highest BCUT2D eigenvalue weighted by atomic mass is 16.3. The molecule has 1 aromatic rings. The second-order valence-corrected chi connectivity index (χ2v) is 4.54. The maximum Gasteiger partial charge on any atom is 0.0925 e. The summed E-state index contributed by atoms with van der Waals surface area (Å²) in [6.45, 7) is 2.12. The highest BCUT2D eigenvalue weighted by Gasteiger charge is 2.52. The van der Waals surface area contributed by atoms with E-state index in [9.17, 15) is 5.11 Å². The van der Waals surface area contributed by atoms with Crippen LogP contribution in [0.3, 0.4) is 0 Å². The van der Waals surface area contributed by atoms with E-state index in [4.69, 9.17) is 0 Å². The zero-order valence-electron chi connectivity index (χ0n) is 8.27. The van der Waals surface area contributed by atoms with Gasteiger partial charge < -0.3 is 5.11 Å². The molecule has 0 amide bonds. The lowest BCUT2D eigenvalue weighted by Gasteiger charge is -2.52. The largest absolute Gasteiger partial charge is 0.385 e. The molecule has 1 aromatic carbocycles. The second kappa shape index (κ2) is 2.48. The van der Waals surface area contributed by atoms with E-state index < -0.39 is 5.60 Å². The van der Waals surface area contributed by atoms with Crippen molar-refractivity contribution in [3.05, 3.63) is 41.5 Å². The number of aliphatic hydroxyl groups is 1. The monoisotopic (exact) mass is 186 g/mol. The smallest absolute Gasteiger partial charge is 0.0925 e. The van der Waals surface area contributed by atoms with E-state index >= 15 is 0 Å². The van der Waals surface area contributed by atoms with Gasteiger partial charge in [0.15, 0.2) is 0 Å². The SMILES string of the molecule is C[C@@H]1C[C@@H]2c3ccccc3C=C[C@]12O. The van der Waals surface area contributed by atoms with Crippen molar-refractivity contribution in [3.8, 4) is 0 Å². The van der Waals surface area contributed by atoms with Gasteiger partial charge in [-0.15, -0.1) is 0 Å². The average molecular weight is 186 g/mol. The van der Waals surface area contributed by atoms with Gasteiger partial charge in [-0.05, 0) is 23.5 Å². The van der Waals surface area contributed by atoms with E-state index in [1.807, 2.05) is 6.08 Å². The van der Waals surface area contributed by atoms with E-state index in [1.54, 1.807) is 0 Å². The van der Waals surface area contributed by atoms with Gasteiger partial charge in [-0.1, -0.05) is 43.3 Å². The van der Waals surface area contributed by atoms with E-state index in [2.05, 4.69) is 37.3 Å². The fourth-order valence-corrected chi connectivity index (χ4v) is 2.77. The molecule has 1 nitrogen and oxygen atoms in total. The third kappa shape index (κ3) is 0.833. The Kier molecular flexibility index (Phi) is 1.46. The molecule has 72 valence electrons. The van der Waals surface area contributed by atoms with Crippen molar-refractivity contribution in [1.82, 2.24) is 0 Å². The summed E-state index contributed by atoms with van der Waals surface area (Å²) in [5.74, 6) is 0.732. The Balaban J connectivity index is 2.13. The molecule has 0 spiro atoms. The average Bonchev–Trinajstić information content (AvgIpc) is 2.22. The van der Waals surface area contributed by atoms with Gasteiger partial charge in [-0.25, -0.2) is 0 Å². The number of hydrogen-bond acceptors (Lipinski definition) is 1. The van der Waals surface area contributed by atoms with Crippen LogP contribution in [0.1, 0.15) is 30.4 Å². The molecule has 1 saturated carbocycles. The minimum atomic E-state index is -0.561. The van der Waals surface area contributed by atoms with Crippen LogP contribution in [0.4, 0.5) is 0 Å². The summed E-state index contributed by atoms with van der Waals surface area (Å²) in [7, 11) is 0. The lowest BCUT2D eigenvalue weighted by molar-refractivity contribution is -0.0684. The molecule has 1 heteroatoms. The van der Waals surface area contributed by atoms with Crippen molar-refractivity contribution in [3.63, 3.8) is 0 Å². The van der Waals surface area contributed by atoms with Gasteiger partial charge in [0.1, 0.15) is 0 Å². The van der Waals surface area contributed by atoms with Gasteiger partial charge >= 0.3 is 0 Å². The Bertz CT molecular complexity index is 407. The lowest BCUT2D eigenvalue weighted by atomic mass is 9.56. The predicted molar refractivity (Wildman–Crippen MR) is 56.9 cm³/mol. The van der Waals surface area contributed by atoms with Crippen LogP contribution in [0.15, 0.2) is 30.3 Å². The van der Waals surface area contributed by atoms with Crippen molar-refractivity contribution in [2.24, 2.45) is 5.92 Å². The zero-order valence-corrected chi connectivity index (χ0v) is 8.27. The number of fused-ring (bicyclic) bond motifs is 3. The summed E-state index contributed by atoms with van der Waals surface area (Å²) in [5, 5.41) is 10.4. The van der Waals surface area contributed by atoms with Crippen LogP contribution in [0.5, 0.6) is 0 Å². The third-order valence-electron chi connectivity index (χ3n) is 3.84. The van der Waals surface area contributed by atoms with Crippen LogP contribution in [0.2, 0.25) is 0 Å². The maximum atomic E-state index is 10.4. The Morgan fingerprint density at radius 2 is 2.14 bits per heavy atom. The van der Waals surface area contributed by atoms with Crippen LogP contribution in [0, 0.1) is 5.92 Å². The van der Waals surface area contributed by atoms with Crippen molar-refractivity contribution < 1.29 is 5.11 Å². The summed E-state index contributed by atoms with van der Waals surface area (Å²) >= 11 is 0. The normalized spacial score (nSPS) is 38.4. The molecule has 0 unspecified atom stereocenters. The van der Waals surface area contributed by atoms with Crippen LogP contribution in [0.25, 0.3) is 6.08 Å². The Morgan fingerprint density at radius 1 is 1.36 bits per heavy atom. The van der Waals surface area contributed by atoms with Gasteiger partial charge in [-0.2, -0.15) is 0 Å². The fraction of sp³-hybridized carbons (Fsp3) is 0.385. The van der Waals surface area contributed by atoms with Gasteiger partial charge in [0.05, 0.1) is 5.60 Å². The van der Waals surface area contributed by atoms with Crippen molar-refractivity contribution in [1.29, 1.82) is 0 Å². The van der Waals surface area contributed by atoms with Crippen LogP contribution >= 0.6 is 0 Å². The molecule has 0 heterocycles. The first kappa shape index (κ1) is 8.25. The number of benzene rings is 1. The van der Waals surface area contributed by atoms with Gasteiger partial charge in [-0.3, -0.25) is 0 Å². The summed E-state index contributed by atoms with van der Waals surface area (Å²) in [6.07, 6.45) is 5.15. The van der Waals surface area contributed by atoms with Crippen LogP contribution in [-0.2, 0) is 0 Å². The molecule has 2 aliphatic rings. The molecule has 0 aliphatic heterocycles. The van der Waals surface area contributed by atoms with Gasteiger partial charge in [0.2, 0.25) is 0 Å². The molecular weight excluding hydrogens is 172 g/mol. The van der Waals surface area contributed by atoms with E-state index in [-0.39, 0.29) is 0 Å². The second-order valence-electron chi connectivity index (χ2n) is 4.54. The Labute approximate surface area is 84.1 Å². The molecule has 14 heavy (non-hydrogen) atoms. The van der Waals surface area contributed by atoms with Crippen molar-refractivity contribution >= 4 is 6.08 Å². The van der Waals surface area contributed by atoms with Crippen molar-refractivity contribution in [2.45, 2.75) is 24.9 Å². The van der Waals surface area contributed by atoms with Crippen molar-refractivity contribution in [2.75, 3.05) is 0 Å². The minimum Gasteiger partial charge on any atom is -0.385 e. The van der Waals surface area contributed by atoms with E-state index in [0.29, 0.717) is 11.8 Å². The highest BCUT2D eigenvalue weighted by molar-refractivity contribution is 5.62. The summed E-state index contributed by atoms with van der Waals surface area (Å²) < 4.78 is 0. The molecule has 2 aliphatic carbocycles. The lowest BCUT2D eigenvalue weighted by Crippen LogP contribution is -2.52. The first-order valence-corrected chi connectivity index (χ1v) is 5.22. The number of rotatable bonds is 0. The molecule has 0 radical (unpaired) electrons. The Morgan fingerprint density at radius 3 is 2.93 bits per heavy atom. The first-order chi connectivity index (χ1) is 6.72. The maximum absolute atomic E-state index is 10.4. The van der Waals surface area contributed by atoms with E-state index in [1.165, 1.54) is 11.1 Å².